The number of hydrogen-bond donors (Lipinski definition) is 1. The summed E-state index contributed by atoms with van der Waals surface area (Å²) < 4.78 is 0. The largest absolute Gasteiger partial charge is 0.355 e. The van der Waals surface area contributed by atoms with Gasteiger partial charge in [-0.15, -0.1) is 0 Å². The van der Waals surface area contributed by atoms with E-state index < -0.39 is 0 Å². The van der Waals surface area contributed by atoms with Crippen molar-refractivity contribution in [1.82, 2.24) is 10.2 Å². The Bertz CT molecular complexity index is 124. The molecule has 0 spiro atoms. The summed E-state index contributed by atoms with van der Waals surface area (Å²) in [6.45, 7) is 3.47. The molecule has 0 saturated heterocycles. The van der Waals surface area contributed by atoms with Crippen LogP contribution in [-0.2, 0) is 4.79 Å². The molecule has 0 aliphatic carbocycles. The molecule has 12 heavy (non-hydrogen) atoms. The Hall–Kier alpha value is -0.570. The summed E-state index contributed by atoms with van der Waals surface area (Å²) in [4.78, 5) is 12.9. The van der Waals surface area contributed by atoms with E-state index in [-0.39, 0.29) is 5.91 Å². The predicted octanol–water partition coefficient (Wildman–Crippen LogP) is 0.854. The van der Waals surface area contributed by atoms with E-state index >= 15 is 0 Å². The normalized spacial score (nSPS) is 10.3. The van der Waals surface area contributed by atoms with Gasteiger partial charge in [-0.2, -0.15) is 0 Å². The van der Waals surface area contributed by atoms with E-state index in [9.17, 15) is 4.79 Å². The average molecular weight is 172 g/mol. The Morgan fingerprint density at radius 2 is 2.00 bits per heavy atom. The zero-order valence-electron chi connectivity index (χ0n) is 8.39. The minimum atomic E-state index is 0.121. The van der Waals surface area contributed by atoms with Crippen molar-refractivity contribution in [2.24, 2.45) is 0 Å². The summed E-state index contributed by atoms with van der Waals surface area (Å²) >= 11 is 0. The number of nitrogens with zero attached hydrogens (tertiary/aromatic N) is 1. The zero-order chi connectivity index (χ0) is 9.40. The second-order valence-corrected chi connectivity index (χ2v) is 3.29. The molecule has 1 amide bonds. The first-order valence-corrected chi connectivity index (χ1v) is 4.58. The van der Waals surface area contributed by atoms with E-state index in [0.717, 1.165) is 13.0 Å². The first-order valence-electron chi connectivity index (χ1n) is 4.58. The summed E-state index contributed by atoms with van der Waals surface area (Å²) in [5.41, 5.74) is 0. The molecule has 0 aromatic heterocycles. The van der Waals surface area contributed by atoms with Crippen molar-refractivity contribution in [3.63, 3.8) is 0 Å². The smallest absolute Gasteiger partial charge is 0.234 e. The Labute approximate surface area is 75.1 Å². The fraction of sp³-hybridized carbons (Fsp3) is 0.889. The summed E-state index contributed by atoms with van der Waals surface area (Å²) in [5.74, 6) is 0.121. The maximum atomic E-state index is 11.1. The van der Waals surface area contributed by atoms with Crippen LogP contribution in [0, 0.1) is 0 Å². The molecule has 0 aromatic rings. The third-order valence-corrected chi connectivity index (χ3v) is 1.56. The van der Waals surface area contributed by atoms with Crippen molar-refractivity contribution in [2.75, 3.05) is 27.2 Å². The second kappa shape index (κ2) is 7.10. The first kappa shape index (κ1) is 11.4. The van der Waals surface area contributed by atoms with E-state index in [4.69, 9.17) is 0 Å². The van der Waals surface area contributed by atoms with Gasteiger partial charge in [0.25, 0.3) is 0 Å². The molecule has 0 rings (SSSR count). The zero-order valence-corrected chi connectivity index (χ0v) is 8.39. The van der Waals surface area contributed by atoms with Gasteiger partial charge in [0.1, 0.15) is 0 Å². The van der Waals surface area contributed by atoms with E-state index in [2.05, 4.69) is 12.2 Å². The lowest BCUT2D eigenvalue weighted by Gasteiger charge is -2.09. The fourth-order valence-electron chi connectivity index (χ4n) is 0.946. The third-order valence-electron chi connectivity index (χ3n) is 1.56. The Kier molecular flexibility index (Phi) is 6.76. The number of carbonyl (C=O) groups excluding carboxylic acids is 1. The second-order valence-electron chi connectivity index (χ2n) is 3.29. The number of carbonyl (C=O) groups is 1. The van der Waals surface area contributed by atoms with Crippen LogP contribution in [0.3, 0.4) is 0 Å². The minimum Gasteiger partial charge on any atom is -0.355 e. The molecule has 0 atom stereocenters. The summed E-state index contributed by atoms with van der Waals surface area (Å²) in [6, 6.07) is 0. The van der Waals surface area contributed by atoms with Crippen molar-refractivity contribution in [3.05, 3.63) is 0 Å². The summed E-state index contributed by atoms with van der Waals surface area (Å²) in [5, 5.41) is 2.87. The van der Waals surface area contributed by atoms with Gasteiger partial charge in [-0.3, -0.25) is 4.79 Å². The SMILES string of the molecule is CCCCCNC(=O)CN(C)C. The summed E-state index contributed by atoms with van der Waals surface area (Å²) in [7, 11) is 3.79. The maximum Gasteiger partial charge on any atom is 0.234 e. The lowest BCUT2D eigenvalue weighted by atomic mass is 10.2. The molecule has 3 nitrogen and oxygen atoms in total. The molecule has 0 saturated carbocycles. The van der Waals surface area contributed by atoms with Gasteiger partial charge in [0.2, 0.25) is 5.91 Å². The van der Waals surface area contributed by atoms with E-state index in [1.165, 1.54) is 12.8 Å². The monoisotopic (exact) mass is 172 g/mol. The van der Waals surface area contributed by atoms with Crippen molar-refractivity contribution in [1.29, 1.82) is 0 Å². The van der Waals surface area contributed by atoms with Crippen LogP contribution < -0.4 is 5.32 Å². The Morgan fingerprint density at radius 3 is 2.50 bits per heavy atom. The fourth-order valence-corrected chi connectivity index (χ4v) is 0.946. The number of nitrogens with one attached hydrogen (secondary N) is 1. The van der Waals surface area contributed by atoms with Crippen LogP contribution >= 0.6 is 0 Å². The van der Waals surface area contributed by atoms with Gasteiger partial charge in [-0.1, -0.05) is 19.8 Å². The van der Waals surface area contributed by atoms with Crippen molar-refractivity contribution < 1.29 is 4.79 Å². The van der Waals surface area contributed by atoms with E-state index in [1.807, 2.05) is 19.0 Å². The van der Waals surface area contributed by atoms with E-state index in [0.29, 0.717) is 6.54 Å². The molecule has 0 unspecified atom stereocenters. The maximum absolute atomic E-state index is 11.1. The van der Waals surface area contributed by atoms with Crippen LogP contribution in [0.5, 0.6) is 0 Å². The van der Waals surface area contributed by atoms with Crippen LogP contribution in [0.1, 0.15) is 26.2 Å². The Balaban J connectivity index is 3.20. The van der Waals surface area contributed by atoms with E-state index in [1.54, 1.807) is 0 Å². The van der Waals surface area contributed by atoms with Crippen molar-refractivity contribution in [2.45, 2.75) is 26.2 Å². The molecule has 0 aliphatic rings. The highest BCUT2D eigenvalue weighted by molar-refractivity contribution is 5.77. The summed E-state index contributed by atoms with van der Waals surface area (Å²) in [6.07, 6.45) is 3.49. The van der Waals surface area contributed by atoms with Gasteiger partial charge in [0, 0.05) is 6.54 Å². The molecule has 0 bridgehead atoms. The van der Waals surface area contributed by atoms with Gasteiger partial charge in [-0.05, 0) is 20.5 Å². The molecular formula is C9H20N2O. The lowest BCUT2D eigenvalue weighted by molar-refractivity contribution is -0.121. The Morgan fingerprint density at radius 1 is 1.33 bits per heavy atom. The highest BCUT2D eigenvalue weighted by Crippen LogP contribution is 1.90. The molecular weight excluding hydrogens is 152 g/mol. The van der Waals surface area contributed by atoms with Crippen molar-refractivity contribution in [3.8, 4) is 0 Å². The van der Waals surface area contributed by atoms with Crippen LogP contribution in [0.4, 0.5) is 0 Å². The number of unbranched alkanes of at least 4 members (excludes halogenated alkanes) is 2. The van der Waals surface area contributed by atoms with Gasteiger partial charge in [0.15, 0.2) is 0 Å². The highest BCUT2D eigenvalue weighted by Gasteiger charge is 2.00. The number of hydrogen-bond acceptors (Lipinski definition) is 2. The van der Waals surface area contributed by atoms with Crippen LogP contribution in [-0.4, -0.2) is 38.0 Å². The van der Waals surface area contributed by atoms with Gasteiger partial charge < -0.3 is 10.2 Å². The third kappa shape index (κ3) is 7.54. The van der Waals surface area contributed by atoms with Crippen molar-refractivity contribution >= 4 is 5.91 Å². The van der Waals surface area contributed by atoms with Gasteiger partial charge >= 0.3 is 0 Å². The molecule has 0 radical (unpaired) electrons. The average Bonchev–Trinajstić information content (AvgIpc) is 1.97. The first-order chi connectivity index (χ1) is 5.66. The molecule has 0 aliphatic heterocycles. The quantitative estimate of drug-likeness (QED) is 0.603. The number of amides is 1. The van der Waals surface area contributed by atoms with Crippen LogP contribution in [0.25, 0.3) is 0 Å². The molecule has 3 heteroatoms. The van der Waals surface area contributed by atoms with Crippen LogP contribution in [0.2, 0.25) is 0 Å². The van der Waals surface area contributed by atoms with Gasteiger partial charge in [0.05, 0.1) is 6.54 Å². The van der Waals surface area contributed by atoms with Gasteiger partial charge in [-0.25, -0.2) is 0 Å². The molecule has 0 aromatic carbocycles. The predicted molar refractivity (Wildman–Crippen MR) is 51.1 cm³/mol. The topological polar surface area (TPSA) is 32.3 Å². The number of likely N-dealkylation sites (N-methyl/N-ethyl adjacent to an activating group) is 1. The number of rotatable bonds is 6. The molecule has 0 fully saturated rings. The standard InChI is InChI=1S/C9H20N2O/c1-4-5-6-7-10-9(12)8-11(2)3/h4-8H2,1-3H3,(H,10,12). The van der Waals surface area contributed by atoms with Crippen LogP contribution in [0.15, 0.2) is 0 Å². The molecule has 0 heterocycles. The minimum absolute atomic E-state index is 0.121. The highest BCUT2D eigenvalue weighted by atomic mass is 16.1. The molecule has 1 N–H and O–H groups in total. The molecule has 72 valence electrons. The lowest BCUT2D eigenvalue weighted by Crippen LogP contribution is -2.33.